The van der Waals surface area contributed by atoms with E-state index in [-0.39, 0.29) is 0 Å². The molecule has 10 aromatic rings. The molecule has 0 bridgehead atoms. The molecule has 11 rings (SSSR count). The van der Waals surface area contributed by atoms with Gasteiger partial charge in [-0.3, -0.25) is 0 Å². The van der Waals surface area contributed by atoms with Crippen LogP contribution >= 0.6 is 0 Å². The Morgan fingerprint density at radius 1 is 0.311 bits per heavy atom. The smallest absolute Gasteiger partial charge is 0.0462 e. The van der Waals surface area contributed by atoms with E-state index in [9.17, 15) is 0 Å². The second-order valence-corrected chi connectivity index (χ2v) is 16.0. The van der Waals surface area contributed by atoms with Crippen molar-refractivity contribution >= 4 is 44.7 Å². The Balaban J connectivity index is 0.977. The van der Waals surface area contributed by atoms with Crippen LogP contribution in [0.3, 0.4) is 0 Å². The third kappa shape index (κ3) is 7.01. The maximum absolute atomic E-state index is 2.37. The fourth-order valence-electron chi connectivity index (χ4n) is 9.24. The first-order valence-corrected chi connectivity index (χ1v) is 21.3. The Kier molecular flexibility index (Phi) is 9.41. The Labute approximate surface area is 358 Å². The number of benzene rings is 10. The predicted octanol–water partition coefficient (Wildman–Crippen LogP) is 16.8. The van der Waals surface area contributed by atoms with Crippen molar-refractivity contribution in [2.75, 3.05) is 4.90 Å². The highest BCUT2D eigenvalue weighted by Crippen LogP contribution is 2.42. The van der Waals surface area contributed by atoms with E-state index < -0.39 is 0 Å². The van der Waals surface area contributed by atoms with E-state index in [0.717, 1.165) is 29.9 Å². The van der Waals surface area contributed by atoms with E-state index in [4.69, 9.17) is 0 Å². The molecule has 0 aliphatic heterocycles. The first-order chi connectivity index (χ1) is 30.2. The van der Waals surface area contributed by atoms with E-state index >= 15 is 0 Å². The summed E-state index contributed by atoms with van der Waals surface area (Å²) in [5.41, 5.74) is 18.4. The summed E-state index contributed by atoms with van der Waals surface area (Å²) in [5.74, 6) is 0. The van der Waals surface area contributed by atoms with Gasteiger partial charge in [0.25, 0.3) is 0 Å². The summed E-state index contributed by atoms with van der Waals surface area (Å²) in [4.78, 5) is 2.37. The third-order valence-electron chi connectivity index (χ3n) is 12.4. The Morgan fingerprint density at radius 3 is 1.59 bits per heavy atom. The molecule has 0 radical (unpaired) electrons. The van der Waals surface area contributed by atoms with E-state index in [1.54, 1.807) is 0 Å². The van der Waals surface area contributed by atoms with Crippen LogP contribution in [0.5, 0.6) is 0 Å². The number of allylic oxidation sites excluding steroid dienone is 1. The van der Waals surface area contributed by atoms with Crippen molar-refractivity contribution in [1.82, 2.24) is 0 Å². The topological polar surface area (TPSA) is 3.24 Å². The summed E-state index contributed by atoms with van der Waals surface area (Å²) < 4.78 is 0. The second kappa shape index (κ2) is 15.8. The van der Waals surface area contributed by atoms with Gasteiger partial charge in [0.05, 0.1) is 0 Å². The molecule has 1 aliphatic carbocycles. The van der Waals surface area contributed by atoms with E-state index in [0.29, 0.717) is 0 Å². The van der Waals surface area contributed by atoms with Crippen molar-refractivity contribution in [1.29, 1.82) is 0 Å². The third-order valence-corrected chi connectivity index (χ3v) is 12.4. The van der Waals surface area contributed by atoms with Crippen molar-refractivity contribution in [2.24, 2.45) is 0 Å². The first kappa shape index (κ1) is 36.3. The van der Waals surface area contributed by atoms with Crippen molar-refractivity contribution in [3.8, 4) is 55.6 Å². The van der Waals surface area contributed by atoms with Gasteiger partial charge >= 0.3 is 0 Å². The van der Waals surface area contributed by atoms with Crippen LogP contribution in [0, 0.1) is 0 Å². The highest BCUT2D eigenvalue weighted by atomic mass is 15.1. The summed E-state index contributed by atoms with van der Waals surface area (Å²) in [6.07, 6.45) is 6.71. The molecule has 61 heavy (non-hydrogen) atoms. The van der Waals surface area contributed by atoms with Gasteiger partial charge in [-0.25, -0.2) is 0 Å². The van der Waals surface area contributed by atoms with Gasteiger partial charge in [-0.05, 0) is 150 Å². The minimum atomic E-state index is 1.07. The molecule has 0 amide bonds. The quantitative estimate of drug-likeness (QED) is 0.149. The Hall–Kier alpha value is -7.74. The average Bonchev–Trinajstić information content (AvgIpc) is 3.34. The number of hydrogen-bond acceptors (Lipinski definition) is 1. The summed E-state index contributed by atoms with van der Waals surface area (Å²) in [7, 11) is 0. The molecule has 0 saturated carbocycles. The van der Waals surface area contributed by atoms with Crippen molar-refractivity contribution in [2.45, 2.75) is 12.8 Å². The molecule has 0 atom stereocenters. The zero-order chi connectivity index (χ0) is 40.5. The van der Waals surface area contributed by atoms with Crippen LogP contribution in [0.15, 0.2) is 231 Å². The number of anilines is 3. The van der Waals surface area contributed by atoms with Gasteiger partial charge in [0.1, 0.15) is 0 Å². The average molecular weight is 778 g/mol. The number of nitrogens with zero attached hydrogens (tertiary/aromatic N) is 1. The normalized spacial score (nSPS) is 12.1. The zero-order valence-electron chi connectivity index (χ0n) is 33.9. The van der Waals surface area contributed by atoms with Gasteiger partial charge in [0, 0.05) is 17.1 Å². The van der Waals surface area contributed by atoms with E-state index in [2.05, 4.69) is 242 Å². The van der Waals surface area contributed by atoms with Crippen LogP contribution in [-0.4, -0.2) is 0 Å². The molecule has 0 spiro atoms. The van der Waals surface area contributed by atoms with Gasteiger partial charge in [0.2, 0.25) is 0 Å². The molecule has 0 unspecified atom stereocenters. The molecule has 0 N–H and O–H groups in total. The van der Waals surface area contributed by atoms with E-state index in [1.165, 1.54) is 88.3 Å². The standard InChI is InChI=1S/C60H43N/c1-2-13-47(14-3-1)60-41-51(32-39-59(60)58-23-11-19-46-16-7-9-21-57(46)58)44-28-35-53(36-29-44)61(52-33-26-43(27-34-52)50-25-24-42-12-4-5-17-49(42)40-50)54-37-30-48(31-38-54)56-22-10-18-45-15-6-8-20-55(45)56/h1-7,9-19,21-41H,8,20H2. The molecule has 1 nitrogen and oxygen atoms in total. The van der Waals surface area contributed by atoms with Crippen LogP contribution in [0.1, 0.15) is 17.5 Å². The van der Waals surface area contributed by atoms with Gasteiger partial charge in [0.15, 0.2) is 0 Å². The molecule has 0 aromatic heterocycles. The van der Waals surface area contributed by atoms with Crippen LogP contribution in [0.4, 0.5) is 17.1 Å². The van der Waals surface area contributed by atoms with Crippen LogP contribution in [0.25, 0.3) is 83.3 Å². The van der Waals surface area contributed by atoms with Gasteiger partial charge < -0.3 is 4.90 Å². The van der Waals surface area contributed by atoms with E-state index in [1.807, 2.05) is 0 Å². The summed E-state index contributed by atoms with van der Waals surface area (Å²) >= 11 is 0. The molecule has 0 saturated heterocycles. The lowest BCUT2D eigenvalue weighted by Gasteiger charge is -2.26. The fraction of sp³-hybridized carbons (Fsp3) is 0.0333. The number of hydrogen-bond donors (Lipinski definition) is 0. The lowest BCUT2D eigenvalue weighted by Crippen LogP contribution is -2.10. The van der Waals surface area contributed by atoms with Crippen LogP contribution in [-0.2, 0) is 6.42 Å². The minimum Gasteiger partial charge on any atom is -0.311 e. The summed E-state index contributed by atoms with van der Waals surface area (Å²) in [5, 5.41) is 5.02. The SMILES string of the molecule is C1=Cc2cccc(-c3ccc(N(c4ccc(-c5ccc(-c6cccc7ccccc67)c(-c6ccccc6)c5)cc4)c4ccc(-c5ccc6ccccc6c5)cc4)cc3)c2CC1. The second-order valence-electron chi connectivity index (χ2n) is 16.0. The highest BCUT2D eigenvalue weighted by Gasteiger charge is 2.17. The molecule has 0 heterocycles. The molecule has 1 heteroatoms. The van der Waals surface area contributed by atoms with Gasteiger partial charge in [-0.1, -0.05) is 188 Å². The van der Waals surface area contributed by atoms with Gasteiger partial charge in [-0.2, -0.15) is 0 Å². The molecule has 1 aliphatic rings. The molecule has 288 valence electrons. The van der Waals surface area contributed by atoms with Crippen LogP contribution in [0.2, 0.25) is 0 Å². The fourth-order valence-corrected chi connectivity index (χ4v) is 9.24. The maximum atomic E-state index is 2.37. The number of rotatable bonds is 8. The largest absolute Gasteiger partial charge is 0.311 e. The minimum absolute atomic E-state index is 1.07. The van der Waals surface area contributed by atoms with Crippen molar-refractivity contribution in [3.63, 3.8) is 0 Å². The Bertz CT molecular complexity index is 3210. The summed E-state index contributed by atoms with van der Waals surface area (Å²) in [6, 6.07) is 82.2. The van der Waals surface area contributed by atoms with Crippen LogP contribution < -0.4 is 4.90 Å². The predicted molar refractivity (Wildman–Crippen MR) is 261 cm³/mol. The maximum Gasteiger partial charge on any atom is 0.0462 e. The zero-order valence-corrected chi connectivity index (χ0v) is 33.9. The lowest BCUT2D eigenvalue weighted by atomic mass is 9.89. The molecular formula is C60H43N. The monoisotopic (exact) mass is 777 g/mol. The first-order valence-electron chi connectivity index (χ1n) is 21.3. The highest BCUT2D eigenvalue weighted by molar-refractivity contribution is 6.01. The number of fused-ring (bicyclic) bond motifs is 3. The Morgan fingerprint density at radius 2 is 0.852 bits per heavy atom. The molecule has 10 aromatic carbocycles. The lowest BCUT2D eigenvalue weighted by molar-refractivity contribution is 0.988. The molecular weight excluding hydrogens is 735 g/mol. The molecule has 0 fully saturated rings. The van der Waals surface area contributed by atoms with Crippen molar-refractivity contribution in [3.05, 3.63) is 242 Å². The van der Waals surface area contributed by atoms with Crippen molar-refractivity contribution < 1.29 is 0 Å². The summed E-state index contributed by atoms with van der Waals surface area (Å²) in [6.45, 7) is 0. The van der Waals surface area contributed by atoms with Gasteiger partial charge in [-0.15, -0.1) is 0 Å².